The van der Waals surface area contributed by atoms with Gasteiger partial charge in [-0.05, 0) is 67.2 Å². The summed E-state index contributed by atoms with van der Waals surface area (Å²) in [7, 11) is 2.18. The van der Waals surface area contributed by atoms with Crippen molar-refractivity contribution >= 4 is 32.2 Å². The van der Waals surface area contributed by atoms with Crippen molar-refractivity contribution in [1.29, 1.82) is 0 Å². The highest BCUT2D eigenvalue weighted by Crippen LogP contribution is 2.57. The maximum Gasteiger partial charge on any atom is 0.228 e. The van der Waals surface area contributed by atoms with E-state index in [1.807, 2.05) is 11.3 Å². The van der Waals surface area contributed by atoms with E-state index in [4.69, 9.17) is 4.74 Å². The molecule has 31 heavy (non-hydrogen) atoms. The average molecular weight is 429 g/mol. The minimum Gasteiger partial charge on any atom is -0.454 e. The molecule has 2 nitrogen and oxygen atoms in total. The number of rotatable bonds is 1. The summed E-state index contributed by atoms with van der Waals surface area (Å²) in [5, 5.41) is 3.95. The highest BCUT2D eigenvalue weighted by molar-refractivity contribution is 7.19. The number of aryl methyl sites for hydroxylation is 3. The normalized spacial score (nSPS) is 17.7. The Bertz CT molecular complexity index is 1370. The molecule has 0 bridgehead atoms. The summed E-state index contributed by atoms with van der Waals surface area (Å²) < 4.78 is 10.6. The van der Waals surface area contributed by atoms with E-state index in [-0.39, 0.29) is 0 Å². The molecule has 0 atom stereocenters. The van der Waals surface area contributed by atoms with Crippen molar-refractivity contribution in [1.82, 2.24) is 0 Å². The van der Waals surface area contributed by atoms with Gasteiger partial charge in [-0.15, -0.1) is 11.3 Å². The minimum atomic E-state index is 0.474. The summed E-state index contributed by atoms with van der Waals surface area (Å²) in [6.45, 7) is 9.31. The minimum absolute atomic E-state index is 0.474. The fourth-order valence-corrected chi connectivity index (χ4v) is 7.12. The van der Waals surface area contributed by atoms with Crippen LogP contribution < -0.4 is 9.30 Å². The molecule has 2 aromatic carbocycles. The summed E-state index contributed by atoms with van der Waals surface area (Å²) in [6, 6.07) is 11.0. The molecule has 3 heterocycles. The van der Waals surface area contributed by atoms with E-state index in [2.05, 4.69) is 75.8 Å². The standard InChI is InChI=1S/C28H30NOS/c1-16-19-8-6-7-9-20(19)17(2)25-22(16)24-23-21(12-15-29(24)5)31-27(26(23)30-25)18-10-13-28(3,4)14-11-18/h6-9,12,15,18H,10-11,13-14H2,1-5H3/q+1. The topological polar surface area (TPSA) is 13.1 Å². The number of ether oxygens (including phenoxy) is 1. The molecule has 4 aromatic rings. The van der Waals surface area contributed by atoms with Gasteiger partial charge in [0.25, 0.3) is 0 Å². The Balaban J connectivity index is 1.64. The smallest absolute Gasteiger partial charge is 0.228 e. The van der Waals surface area contributed by atoms with Crippen molar-refractivity contribution in [2.45, 2.75) is 59.3 Å². The number of fused-ring (bicyclic) bond motifs is 3. The van der Waals surface area contributed by atoms with Gasteiger partial charge in [-0.25, -0.2) is 4.57 Å². The number of benzene rings is 2. The lowest BCUT2D eigenvalue weighted by Crippen LogP contribution is -2.31. The van der Waals surface area contributed by atoms with Gasteiger partial charge in [0, 0.05) is 11.6 Å². The Morgan fingerprint density at radius 2 is 1.65 bits per heavy atom. The Hall–Kier alpha value is -2.39. The molecule has 3 heteroatoms. The van der Waals surface area contributed by atoms with Gasteiger partial charge in [0.1, 0.15) is 18.2 Å². The Kier molecular flexibility index (Phi) is 4.08. The third kappa shape index (κ3) is 2.72. The second-order valence-electron chi connectivity index (χ2n) is 10.4. The summed E-state index contributed by atoms with van der Waals surface area (Å²) in [4.78, 5) is 1.47. The van der Waals surface area contributed by atoms with Crippen LogP contribution in [-0.2, 0) is 7.05 Å². The van der Waals surface area contributed by atoms with Crippen LogP contribution in [0.5, 0.6) is 11.5 Å². The van der Waals surface area contributed by atoms with Crippen LogP contribution in [0.15, 0.2) is 36.5 Å². The highest BCUT2D eigenvalue weighted by Gasteiger charge is 2.37. The van der Waals surface area contributed by atoms with Crippen LogP contribution in [0.1, 0.15) is 61.5 Å². The van der Waals surface area contributed by atoms with Crippen LogP contribution in [0.4, 0.5) is 0 Å². The van der Waals surface area contributed by atoms with E-state index >= 15 is 0 Å². The molecule has 0 amide bonds. The molecule has 0 spiro atoms. The molecule has 6 rings (SSSR count). The number of aromatic nitrogens is 1. The first-order valence-electron chi connectivity index (χ1n) is 11.5. The van der Waals surface area contributed by atoms with Gasteiger partial charge in [-0.3, -0.25) is 0 Å². The van der Waals surface area contributed by atoms with Crippen LogP contribution in [0.25, 0.3) is 32.1 Å². The van der Waals surface area contributed by atoms with E-state index in [1.54, 1.807) is 0 Å². The number of nitrogens with zero attached hydrogens (tertiary/aromatic N) is 1. The second kappa shape index (κ2) is 6.56. The van der Waals surface area contributed by atoms with E-state index < -0.39 is 0 Å². The van der Waals surface area contributed by atoms with Crippen molar-refractivity contribution in [3.05, 3.63) is 52.5 Å². The van der Waals surface area contributed by atoms with Crippen molar-refractivity contribution in [3.63, 3.8) is 0 Å². The van der Waals surface area contributed by atoms with E-state index in [9.17, 15) is 0 Å². The summed E-state index contributed by atoms with van der Waals surface area (Å²) >= 11 is 1.97. The van der Waals surface area contributed by atoms with Gasteiger partial charge >= 0.3 is 0 Å². The maximum absolute atomic E-state index is 6.90. The lowest BCUT2D eigenvalue weighted by molar-refractivity contribution is -0.659. The largest absolute Gasteiger partial charge is 0.454 e. The molecule has 2 aromatic heterocycles. The number of thiophene rings is 1. The molecule has 0 N–H and O–H groups in total. The van der Waals surface area contributed by atoms with Gasteiger partial charge in [0.05, 0.1) is 15.1 Å². The molecule has 0 unspecified atom stereocenters. The van der Waals surface area contributed by atoms with Crippen molar-refractivity contribution in [2.24, 2.45) is 12.5 Å². The van der Waals surface area contributed by atoms with Crippen molar-refractivity contribution in [2.75, 3.05) is 0 Å². The molecule has 1 aliphatic carbocycles. The Morgan fingerprint density at radius 1 is 0.968 bits per heavy atom. The average Bonchev–Trinajstić information content (AvgIpc) is 3.13. The van der Waals surface area contributed by atoms with E-state index in [1.165, 1.54) is 73.8 Å². The lowest BCUT2D eigenvalue weighted by atomic mass is 9.72. The molecule has 1 fully saturated rings. The molecule has 2 aliphatic rings. The molecule has 0 radical (unpaired) electrons. The zero-order chi connectivity index (χ0) is 21.5. The van der Waals surface area contributed by atoms with Crippen molar-refractivity contribution in [3.8, 4) is 22.8 Å². The summed E-state index contributed by atoms with van der Waals surface area (Å²) in [5.74, 6) is 2.81. The zero-order valence-electron chi connectivity index (χ0n) is 19.1. The van der Waals surface area contributed by atoms with Crippen LogP contribution in [0.2, 0.25) is 0 Å². The van der Waals surface area contributed by atoms with Crippen LogP contribution in [0.3, 0.4) is 0 Å². The molecule has 1 aliphatic heterocycles. The summed E-state index contributed by atoms with van der Waals surface area (Å²) in [6.07, 6.45) is 7.35. The van der Waals surface area contributed by atoms with Gasteiger partial charge in [0.15, 0.2) is 11.9 Å². The first-order chi connectivity index (χ1) is 14.9. The Morgan fingerprint density at radius 3 is 2.35 bits per heavy atom. The van der Waals surface area contributed by atoms with Crippen LogP contribution in [-0.4, -0.2) is 0 Å². The fourth-order valence-electron chi connectivity index (χ4n) is 5.82. The van der Waals surface area contributed by atoms with Crippen molar-refractivity contribution < 1.29 is 9.30 Å². The first kappa shape index (κ1) is 19.3. The molecule has 1 saturated carbocycles. The predicted molar refractivity (Wildman–Crippen MR) is 130 cm³/mol. The van der Waals surface area contributed by atoms with Gasteiger partial charge in [-0.1, -0.05) is 38.1 Å². The van der Waals surface area contributed by atoms with Gasteiger partial charge in [-0.2, -0.15) is 0 Å². The number of pyridine rings is 1. The molecular formula is C28H30NOS+. The first-order valence-corrected chi connectivity index (χ1v) is 12.3. The maximum atomic E-state index is 6.90. The number of hydrogen-bond acceptors (Lipinski definition) is 2. The molecular weight excluding hydrogens is 398 g/mol. The quantitative estimate of drug-likeness (QED) is 0.247. The van der Waals surface area contributed by atoms with Gasteiger partial charge in [0.2, 0.25) is 5.69 Å². The monoisotopic (exact) mass is 428 g/mol. The third-order valence-corrected chi connectivity index (χ3v) is 9.08. The predicted octanol–water partition coefficient (Wildman–Crippen LogP) is 7.95. The molecule has 158 valence electrons. The summed E-state index contributed by atoms with van der Waals surface area (Å²) in [5.41, 5.74) is 5.63. The SMILES string of the molecule is Cc1c2c(c(C)c3ccccc13)-c1c3c(c(C4CCC(C)(C)CC4)sc3cc[n+]1C)O2. The van der Waals surface area contributed by atoms with Crippen LogP contribution in [0, 0.1) is 19.3 Å². The second-order valence-corrected chi connectivity index (χ2v) is 11.4. The number of hydrogen-bond donors (Lipinski definition) is 0. The highest BCUT2D eigenvalue weighted by atomic mass is 32.1. The van der Waals surface area contributed by atoms with Crippen LogP contribution >= 0.6 is 11.3 Å². The third-order valence-electron chi connectivity index (χ3n) is 7.78. The van der Waals surface area contributed by atoms with Gasteiger partial charge < -0.3 is 4.74 Å². The Labute approximate surface area is 188 Å². The van der Waals surface area contributed by atoms with E-state index in [0.29, 0.717) is 11.3 Å². The fraction of sp³-hybridized carbons (Fsp3) is 0.393. The molecule has 0 saturated heterocycles. The zero-order valence-corrected chi connectivity index (χ0v) is 20.0. The van der Waals surface area contributed by atoms with E-state index in [0.717, 1.165) is 11.5 Å². The lowest BCUT2D eigenvalue weighted by Gasteiger charge is -2.34.